The molecule has 0 aromatic heterocycles. The van der Waals surface area contributed by atoms with Gasteiger partial charge in [-0.25, -0.2) is 0 Å². The van der Waals surface area contributed by atoms with Crippen molar-refractivity contribution >= 4 is 22.5 Å². The molecule has 0 heterocycles. The first kappa shape index (κ1) is 18.1. The first-order valence-corrected chi connectivity index (χ1v) is 10.4. The Balaban J connectivity index is 1.67. The van der Waals surface area contributed by atoms with Crippen LogP contribution in [0.2, 0.25) is 0 Å². The smallest absolute Gasteiger partial charge is 0.0933 e. The van der Waals surface area contributed by atoms with Crippen LogP contribution in [0.15, 0.2) is 53.3 Å². The van der Waals surface area contributed by atoms with Gasteiger partial charge in [0.2, 0.25) is 0 Å². The molecule has 3 aromatic carbocycles. The molecule has 0 saturated heterocycles. The van der Waals surface area contributed by atoms with Crippen molar-refractivity contribution < 1.29 is 0 Å². The Morgan fingerprint density at radius 3 is 2.52 bits per heavy atom. The highest BCUT2D eigenvalue weighted by molar-refractivity contribution is 5.99. The molecule has 0 aliphatic heterocycles. The number of hydrogen-bond donors (Lipinski definition) is 2. The van der Waals surface area contributed by atoms with Gasteiger partial charge in [0, 0.05) is 18.2 Å². The van der Waals surface area contributed by atoms with Crippen molar-refractivity contribution in [3.63, 3.8) is 0 Å². The molecule has 0 bridgehead atoms. The molecular formula is C25H25N3O. The molecule has 4 heteroatoms. The average Bonchev–Trinajstić information content (AvgIpc) is 2.78. The molecule has 0 saturated carbocycles. The summed E-state index contributed by atoms with van der Waals surface area (Å²) in [6.07, 6.45) is 7.36. The monoisotopic (exact) mass is 383 g/mol. The van der Waals surface area contributed by atoms with Crippen molar-refractivity contribution in [2.45, 2.75) is 44.6 Å². The highest BCUT2D eigenvalue weighted by Crippen LogP contribution is 2.43. The second-order valence-corrected chi connectivity index (χ2v) is 8.23. The summed E-state index contributed by atoms with van der Waals surface area (Å²) in [5, 5.41) is 5.85. The van der Waals surface area contributed by atoms with Gasteiger partial charge in [-0.15, -0.1) is 4.91 Å². The molecule has 1 unspecified atom stereocenters. The van der Waals surface area contributed by atoms with Crippen LogP contribution in [0, 0.1) is 4.91 Å². The van der Waals surface area contributed by atoms with E-state index in [0.29, 0.717) is 18.7 Å². The SMILES string of the molecule is NCc1ccc(C2Cc3c(N)cc4c5c(ccc4c3C=C2N=O)CCCC5)cc1. The van der Waals surface area contributed by atoms with Gasteiger partial charge in [-0.2, -0.15) is 0 Å². The lowest BCUT2D eigenvalue weighted by Gasteiger charge is -2.27. The molecule has 0 radical (unpaired) electrons. The van der Waals surface area contributed by atoms with Crippen LogP contribution in [0.1, 0.15) is 52.1 Å². The van der Waals surface area contributed by atoms with Crippen LogP contribution in [0.5, 0.6) is 0 Å². The molecular weight excluding hydrogens is 358 g/mol. The van der Waals surface area contributed by atoms with Gasteiger partial charge < -0.3 is 11.5 Å². The summed E-state index contributed by atoms with van der Waals surface area (Å²) < 4.78 is 0. The number of hydrogen-bond acceptors (Lipinski definition) is 4. The van der Waals surface area contributed by atoms with E-state index in [1.54, 1.807) is 0 Å². The third-order valence-corrected chi connectivity index (χ3v) is 6.62. The van der Waals surface area contributed by atoms with Gasteiger partial charge in [-0.05, 0) is 93.6 Å². The highest BCUT2D eigenvalue weighted by atomic mass is 16.3. The van der Waals surface area contributed by atoms with Gasteiger partial charge in [0.25, 0.3) is 0 Å². The van der Waals surface area contributed by atoms with Crippen LogP contribution in [-0.4, -0.2) is 0 Å². The van der Waals surface area contributed by atoms with E-state index < -0.39 is 0 Å². The highest BCUT2D eigenvalue weighted by Gasteiger charge is 2.27. The van der Waals surface area contributed by atoms with Crippen molar-refractivity contribution in [3.05, 3.63) is 86.4 Å². The van der Waals surface area contributed by atoms with E-state index in [4.69, 9.17) is 11.5 Å². The number of nitroso groups, excluding NO2 is 1. The number of benzene rings is 3. The topological polar surface area (TPSA) is 81.5 Å². The predicted octanol–water partition coefficient (Wildman–Crippen LogP) is 5.21. The first-order chi connectivity index (χ1) is 14.2. The Hall–Kier alpha value is -2.98. The molecule has 146 valence electrons. The number of nitrogens with two attached hydrogens (primary N) is 2. The maximum absolute atomic E-state index is 11.8. The minimum Gasteiger partial charge on any atom is -0.398 e. The zero-order valence-electron chi connectivity index (χ0n) is 16.4. The van der Waals surface area contributed by atoms with Crippen LogP contribution < -0.4 is 11.5 Å². The van der Waals surface area contributed by atoms with E-state index in [1.165, 1.54) is 34.7 Å². The van der Waals surface area contributed by atoms with Gasteiger partial charge in [-0.1, -0.05) is 36.4 Å². The van der Waals surface area contributed by atoms with E-state index in [1.807, 2.05) is 30.3 Å². The van der Waals surface area contributed by atoms with Gasteiger partial charge in [0.05, 0.1) is 5.70 Å². The number of fused-ring (bicyclic) bond motifs is 5. The van der Waals surface area contributed by atoms with Crippen molar-refractivity contribution in [1.29, 1.82) is 0 Å². The molecule has 2 aliphatic carbocycles. The number of rotatable bonds is 3. The quantitative estimate of drug-likeness (QED) is 0.481. The Kier molecular flexibility index (Phi) is 4.44. The molecule has 0 amide bonds. The van der Waals surface area contributed by atoms with Crippen molar-refractivity contribution in [2.75, 3.05) is 5.73 Å². The second-order valence-electron chi connectivity index (χ2n) is 8.23. The van der Waals surface area contributed by atoms with E-state index in [-0.39, 0.29) is 5.92 Å². The summed E-state index contributed by atoms with van der Waals surface area (Å²) in [5.74, 6) is -0.0794. The van der Waals surface area contributed by atoms with Crippen molar-refractivity contribution in [3.8, 4) is 0 Å². The van der Waals surface area contributed by atoms with Crippen molar-refractivity contribution in [2.24, 2.45) is 10.9 Å². The van der Waals surface area contributed by atoms with Gasteiger partial charge in [0.15, 0.2) is 0 Å². The average molecular weight is 383 g/mol. The second kappa shape index (κ2) is 7.12. The van der Waals surface area contributed by atoms with Crippen LogP contribution in [0.3, 0.4) is 0 Å². The third-order valence-electron chi connectivity index (χ3n) is 6.62. The molecule has 29 heavy (non-hydrogen) atoms. The van der Waals surface area contributed by atoms with E-state index in [2.05, 4.69) is 23.4 Å². The summed E-state index contributed by atoms with van der Waals surface area (Å²) in [6, 6.07) is 14.7. The zero-order chi connectivity index (χ0) is 20.0. The minimum absolute atomic E-state index is 0.0794. The molecule has 4 nitrogen and oxygen atoms in total. The maximum atomic E-state index is 11.8. The molecule has 4 N–H and O–H groups in total. The summed E-state index contributed by atoms with van der Waals surface area (Å²) >= 11 is 0. The Labute approximate surface area is 170 Å². The number of nitrogens with zero attached hydrogens (tertiary/aromatic N) is 1. The number of allylic oxidation sites excluding steroid dienone is 1. The molecule has 3 aromatic rings. The number of anilines is 1. The van der Waals surface area contributed by atoms with Crippen LogP contribution in [0.4, 0.5) is 5.69 Å². The Morgan fingerprint density at radius 2 is 1.76 bits per heavy atom. The van der Waals surface area contributed by atoms with Crippen LogP contribution >= 0.6 is 0 Å². The van der Waals surface area contributed by atoms with Crippen LogP contribution in [-0.2, 0) is 25.8 Å². The predicted molar refractivity (Wildman–Crippen MR) is 120 cm³/mol. The lowest BCUT2D eigenvalue weighted by atomic mass is 9.78. The maximum Gasteiger partial charge on any atom is 0.0933 e. The summed E-state index contributed by atoms with van der Waals surface area (Å²) in [7, 11) is 0. The summed E-state index contributed by atoms with van der Waals surface area (Å²) in [6.45, 7) is 0.506. The number of aryl methyl sites for hydroxylation is 2. The minimum atomic E-state index is -0.0794. The summed E-state index contributed by atoms with van der Waals surface area (Å²) in [5.41, 5.74) is 20.9. The Morgan fingerprint density at radius 1 is 0.966 bits per heavy atom. The lowest BCUT2D eigenvalue weighted by Crippen LogP contribution is -2.14. The molecule has 1 atom stereocenters. The summed E-state index contributed by atoms with van der Waals surface area (Å²) in [4.78, 5) is 11.8. The van der Waals surface area contributed by atoms with E-state index in [0.717, 1.165) is 40.8 Å². The normalized spacial score (nSPS) is 18.1. The lowest BCUT2D eigenvalue weighted by molar-refractivity contribution is 0.690. The standard InChI is InChI=1S/C25H25N3O/c26-14-15-5-7-17(8-6-15)20-11-23-22(13-25(20)28-29)19-10-9-16-3-1-2-4-18(16)21(19)12-24(23)27/h5-10,12-13,20H,1-4,11,14,26-27H2. The molecule has 2 aliphatic rings. The Bertz CT molecular complexity index is 1150. The largest absolute Gasteiger partial charge is 0.398 e. The van der Waals surface area contributed by atoms with E-state index in [9.17, 15) is 4.91 Å². The van der Waals surface area contributed by atoms with Gasteiger partial charge in [-0.3, -0.25) is 0 Å². The van der Waals surface area contributed by atoms with Crippen molar-refractivity contribution in [1.82, 2.24) is 0 Å². The van der Waals surface area contributed by atoms with Gasteiger partial charge in [0.1, 0.15) is 0 Å². The fraction of sp³-hybridized carbons (Fsp3) is 0.280. The third kappa shape index (κ3) is 2.95. The van der Waals surface area contributed by atoms with Gasteiger partial charge >= 0.3 is 0 Å². The molecule has 0 spiro atoms. The fourth-order valence-corrected chi connectivity index (χ4v) is 5.03. The fourth-order valence-electron chi connectivity index (χ4n) is 5.03. The van der Waals surface area contributed by atoms with Crippen LogP contribution in [0.25, 0.3) is 16.8 Å². The first-order valence-electron chi connectivity index (χ1n) is 10.4. The number of nitrogen functional groups attached to an aromatic ring is 1. The van der Waals surface area contributed by atoms with E-state index >= 15 is 0 Å². The molecule has 0 fully saturated rings. The zero-order valence-corrected chi connectivity index (χ0v) is 16.4. The molecule has 5 rings (SSSR count).